The largest absolute Gasteiger partial charge is 0.260 e. The van der Waals surface area contributed by atoms with Crippen molar-refractivity contribution in [3.05, 3.63) is 52.9 Å². The third-order valence-electron chi connectivity index (χ3n) is 2.61. The van der Waals surface area contributed by atoms with Gasteiger partial charge in [-0.25, -0.2) is 13.4 Å². The smallest absolute Gasteiger partial charge is 0.203 e. The predicted octanol–water partition coefficient (Wildman–Crippen LogP) is 2.77. The number of rotatable bonds is 3. The summed E-state index contributed by atoms with van der Waals surface area (Å²) in [6.07, 6.45) is 4.09. The Morgan fingerprint density at radius 1 is 1.28 bits per heavy atom. The fourth-order valence-corrected chi connectivity index (χ4v) is 3.25. The third kappa shape index (κ3) is 2.59. The predicted molar refractivity (Wildman–Crippen MR) is 71.8 cm³/mol. The fourth-order valence-electron chi connectivity index (χ4n) is 1.55. The van der Waals surface area contributed by atoms with Gasteiger partial charge in [0, 0.05) is 16.9 Å². The molecule has 0 saturated carbocycles. The first-order valence-corrected chi connectivity index (χ1v) is 7.61. The molecule has 0 spiro atoms. The number of hydrogen-bond donors (Lipinski definition) is 0. The summed E-state index contributed by atoms with van der Waals surface area (Å²) in [5.41, 5.74) is 0.718. The molecule has 0 aliphatic carbocycles. The van der Waals surface area contributed by atoms with Crippen LogP contribution in [0.15, 0.2) is 52.4 Å². The van der Waals surface area contributed by atoms with E-state index in [4.69, 9.17) is 0 Å². The van der Waals surface area contributed by atoms with Gasteiger partial charge in [-0.1, -0.05) is 28.1 Å². The van der Waals surface area contributed by atoms with E-state index in [0.29, 0.717) is 0 Å². The van der Waals surface area contributed by atoms with E-state index in [1.165, 1.54) is 18.6 Å². The number of nitrogens with zero attached hydrogens (tertiary/aromatic N) is 2. The summed E-state index contributed by atoms with van der Waals surface area (Å²) in [5, 5.41) is -0.663. The van der Waals surface area contributed by atoms with Crippen LogP contribution >= 0.6 is 15.9 Å². The lowest BCUT2D eigenvalue weighted by molar-refractivity contribution is 0.581. The van der Waals surface area contributed by atoms with Gasteiger partial charge in [-0.3, -0.25) is 4.98 Å². The molecule has 1 aromatic carbocycles. The van der Waals surface area contributed by atoms with Gasteiger partial charge in [-0.05, 0) is 24.6 Å². The Labute approximate surface area is 114 Å². The zero-order chi connectivity index (χ0) is 13.2. The van der Waals surface area contributed by atoms with Crippen LogP contribution in [-0.4, -0.2) is 18.4 Å². The van der Waals surface area contributed by atoms with Crippen LogP contribution in [0.3, 0.4) is 0 Å². The number of aromatic nitrogens is 2. The quantitative estimate of drug-likeness (QED) is 0.870. The van der Waals surface area contributed by atoms with Gasteiger partial charge in [-0.15, -0.1) is 0 Å². The Morgan fingerprint density at radius 3 is 2.67 bits per heavy atom. The first kappa shape index (κ1) is 13.2. The second kappa shape index (κ2) is 5.16. The molecule has 0 N–H and O–H groups in total. The van der Waals surface area contributed by atoms with Crippen LogP contribution in [-0.2, 0) is 9.84 Å². The highest BCUT2D eigenvalue weighted by molar-refractivity contribution is 9.10. The van der Waals surface area contributed by atoms with E-state index in [9.17, 15) is 8.42 Å². The maximum atomic E-state index is 12.3. The molecule has 2 aromatic rings. The number of hydrogen-bond acceptors (Lipinski definition) is 4. The maximum absolute atomic E-state index is 12.3. The Morgan fingerprint density at radius 2 is 2.06 bits per heavy atom. The van der Waals surface area contributed by atoms with Crippen molar-refractivity contribution in [3.8, 4) is 0 Å². The third-order valence-corrected chi connectivity index (χ3v) is 5.10. The van der Waals surface area contributed by atoms with Crippen molar-refractivity contribution in [1.29, 1.82) is 0 Å². The molecule has 94 valence electrons. The normalized spacial score (nSPS) is 13.2. The minimum atomic E-state index is -3.50. The van der Waals surface area contributed by atoms with Gasteiger partial charge < -0.3 is 0 Å². The van der Waals surface area contributed by atoms with E-state index in [1.807, 2.05) is 12.1 Å². The molecular weight excluding hydrogens is 316 g/mol. The molecule has 2 rings (SSSR count). The Balaban J connectivity index is 2.43. The van der Waals surface area contributed by atoms with Crippen molar-refractivity contribution >= 4 is 25.8 Å². The van der Waals surface area contributed by atoms with Gasteiger partial charge in [-0.2, -0.15) is 0 Å². The van der Waals surface area contributed by atoms with Crippen molar-refractivity contribution < 1.29 is 8.42 Å². The van der Waals surface area contributed by atoms with E-state index < -0.39 is 15.1 Å². The number of sulfone groups is 1. The molecule has 0 amide bonds. The molecule has 1 heterocycles. The van der Waals surface area contributed by atoms with E-state index in [1.54, 1.807) is 19.1 Å². The van der Waals surface area contributed by atoms with Gasteiger partial charge >= 0.3 is 0 Å². The topological polar surface area (TPSA) is 59.9 Å². The highest BCUT2D eigenvalue weighted by Crippen LogP contribution is 2.28. The first-order valence-electron chi connectivity index (χ1n) is 5.27. The molecule has 1 aromatic heterocycles. The van der Waals surface area contributed by atoms with Gasteiger partial charge in [0.05, 0.1) is 11.4 Å². The van der Waals surface area contributed by atoms with Crippen molar-refractivity contribution in [3.63, 3.8) is 0 Å². The molecule has 0 fully saturated rings. The van der Waals surface area contributed by atoms with Crippen LogP contribution in [0.4, 0.5) is 0 Å². The van der Waals surface area contributed by atoms with E-state index in [0.717, 1.165) is 10.0 Å². The Bertz CT molecular complexity index is 644. The van der Waals surface area contributed by atoms with Gasteiger partial charge in [0.2, 0.25) is 9.84 Å². The highest BCUT2D eigenvalue weighted by Gasteiger charge is 2.26. The summed E-state index contributed by atoms with van der Waals surface area (Å²) in [6, 6.07) is 7.23. The standard InChI is InChI=1S/C12H11BrN2O2S/c1-9(10-3-2-4-11(13)7-10)18(16,17)12-8-14-5-6-15-12/h2-9H,1H3. The fraction of sp³-hybridized carbons (Fsp3) is 0.167. The van der Waals surface area contributed by atoms with E-state index in [2.05, 4.69) is 25.9 Å². The zero-order valence-corrected chi connectivity index (χ0v) is 12.0. The average Bonchev–Trinajstić information content (AvgIpc) is 2.39. The van der Waals surface area contributed by atoms with E-state index in [-0.39, 0.29) is 5.03 Å². The van der Waals surface area contributed by atoms with Crippen molar-refractivity contribution in [2.75, 3.05) is 0 Å². The zero-order valence-electron chi connectivity index (χ0n) is 9.62. The van der Waals surface area contributed by atoms with E-state index >= 15 is 0 Å². The first-order chi connectivity index (χ1) is 8.51. The van der Waals surface area contributed by atoms with Crippen LogP contribution in [0.5, 0.6) is 0 Å². The Hall–Kier alpha value is -1.27. The second-order valence-electron chi connectivity index (χ2n) is 3.79. The molecule has 0 radical (unpaired) electrons. The van der Waals surface area contributed by atoms with Crippen LogP contribution in [0.1, 0.15) is 17.7 Å². The highest BCUT2D eigenvalue weighted by atomic mass is 79.9. The number of benzene rings is 1. The minimum Gasteiger partial charge on any atom is -0.260 e. The summed E-state index contributed by atoms with van der Waals surface area (Å²) in [4.78, 5) is 7.65. The molecule has 4 nitrogen and oxygen atoms in total. The lowest BCUT2D eigenvalue weighted by Crippen LogP contribution is -2.12. The van der Waals surface area contributed by atoms with Crippen LogP contribution in [0, 0.1) is 0 Å². The maximum Gasteiger partial charge on any atom is 0.203 e. The average molecular weight is 327 g/mol. The lowest BCUT2D eigenvalue weighted by Gasteiger charge is -2.12. The van der Waals surface area contributed by atoms with Crippen molar-refractivity contribution in [1.82, 2.24) is 9.97 Å². The SMILES string of the molecule is CC(c1cccc(Br)c1)S(=O)(=O)c1cnccn1. The second-order valence-corrected chi connectivity index (χ2v) is 6.92. The summed E-state index contributed by atoms with van der Waals surface area (Å²) in [7, 11) is -3.50. The molecule has 18 heavy (non-hydrogen) atoms. The van der Waals surface area contributed by atoms with Crippen LogP contribution in [0.2, 0.25) is 0 Å². The molecular formula is C12H11BrN2O2S. The summed E-state index contributed by atoms with van der Waals surface area (Å²) >= 11 is 3.33. The van der Waals surface area contributed by atoms with Crippen LogP contribution < -0.4 is 0 Å². The molecule has 1 unspecified atom stereocenters. The van der Waals surface area contributed by atoms with Crippen LogP contribution in [0.25, 0.3) is 0 Å². The molecule has 6 heteroatoms. The summed E-state index contributed by atoms with van der Waals surface area (Å²) in [5.74, 6) is 0. The monoisotopic (exact) mass is 326 g/mol. The molecule has 1 atom stereocenters. The van der Waals surface area contributed by atoms with Gasteiger partial charge in [0.25, 0.3) is 0 Å². The number of halogens is 1. The lowest BCUT2D eigenvalue weighted by atomic mass is 10.2. The molecule has 0 aliphatic rings. The van der Waals surface area contributed by atoms with Crippen molar-refractivity contribution in [2.45, 2.75) is 17.2 Å². The Kier molecular flexibility index (Phi) is 3.77. The summed E-state index contributed by atoms with van der Waals surface area (Å²) in [6.45, 7) is 1.64. The minimum absolute atomic E-state index is 0.00234. The molecule has 0 saturated heterocycles. The van der Waals surface area contributed by atoms with Gasteiger partial charge in [0.15, 0.2) is 5.03 Å². The van der Waals surface area contributed by atoms with Crippen molar-refractivity contribution in [2.24, 2.45) is 0 Å². The molecule has 0 bridgehead atoms. The summed E-state index contributed by atoms with van der Waals surface area (Å²) < 4.78 is 25.5. The molecule has 0 aliphatic heterocycles. The van der Waals surface area contributed by atoms with Gasteiger partial charge in [0.1, 0.15) is 0 Å².